The molecule has 0 spiro atoms. The summed E-state index contributed by atoms with van der Waals surface area (Å²) in [7, 11) is 0. The van der Waals surface area contributed by atoms with Crippen LogP contribution in [0.1, 0.15) is 0 Å². The number of nitrogens with one attached hydrogen (secondary N) is 2. The highest BCUT2D eigenvalue weighted by molar-refractivity contribution is 6.03. The SMILES string of the molecule is O=C(Nc1cccnc1-c1ccccc1)Nc1c(-c2ccccc2)nc2ccccn12. The van der Waals surface area contributed by atoms with E-state index in [1.165, 1.54) is 0 Å². The van der Waals surface area contributed by atoms with Crippen LogP contribution in [0.2, 0.25) is 0 Å². The van der Waals surface area contributed by atoms with Gasteiger partial charge < -0.3 is 5.32 Å². The van der Waals surface area contributed by atoms with Gasteiger partial charge in [0.2, 0.25) is 0 Å². The monoisotopic (exact) mass is 405 g/mol. The topological polar surface area (TPSA) is 71.3 Å². The van der Waals surface area contributed by atoms with Gasteiger partial charge in [0, 0.05) is 23.5 Å². The number of aromatic nitrogens is 3. The molecular formula is C25H19N5O. The number of hydrogen-bond acceptors (Lipinski definition) is 3. The van der Waals surface area contributed by atoms with Crippen molar-refractivity contribution in [2.75, 3.05) is 10.6 Å². The Morgan fingerprint density at radius 2 is 1.39 bits per heavy atom. The molecule has 0 saturated heterocycles. The average molecular weight is 405 g/mol. The Morgan fingerprint density at radius 3 is 2.13 bits per heavy atom. The van der Waals surface area contributed by atoms with Crippen molar-refractivity contribution < 1.29 is 4.79 Å². The van der Waals surface area contributed by atoms with Crippen LogP contribution in [0, 0.1) is 0 Å². The van der Waals surface area contributed by atoms with E-state index >= 15 is 0 Å². The van der Waals surface area contributed by atoms with Crippen LogP contribution in [0.5, 0.6) is 0 Å². The summed E-state index contributed by atoms with van der Waals surface area (Å²) < 4.78 is 1.86. The molecule has 3 aromatic heterocycles. The van der Waals surface area contributed by atoms with Crippen molar-refractivity contribution in [3.63, 3.8) is 0 Å². The van der Waals surface area contributed by atoms with Crippen LogP contribution in [-0.2, 0) is 0 Å². The highest BCUT2D eigenvalue weighted by atomic mass is 16.2. The Kier molecular flexibility index (Phi) is 4.86. The zero-order valence-corrected chi connectivity index (χ0v) is 16.6. The van der Waals surface area contributed by atoms with Crippen LogP contribution in [0.25, 0.3) is 28.2 Å². The van der Waals surface area contributed by atoms with E-state index in [1.807, 2.05) is 95.5 Å². The molecule has 0 aliphatic carbocycles. The van der Waals surface area contributed by atoms with E-state index in [0.717, 1.165) is 16.8 Å². The third-order valence-corrected chi connectivity index (χ3v) is 4.91. The molecule has 0 unspecified atom stereocenters. The largest absolute Gasteiger partial charge is 0.324 e. The van der Waals surface area contributed by atoms with Gasteiger partial charge in [-0.15, -0.1) is 0 Å². The number of amides is 2. The third kappa shape index (κ3) is 3.74. The first kappa shape index (κ1) is 18.6. The van der Waals surface area contributed by atoms with Crippen LogP contribution in [0.15, 0.2) is 103 Å². The van der Waals surface area contributed by atoms with Crippen LogP contribution < -0.4 is 10.6 Å². The number of urea groups is 1. The number of pyridine rings is 2. The van der Waals surface area contributed by atoms with Crippen molar-refractivity contribution in [3.8, 4) is 22.5 Å². The van der Waals surface area contributed by atoms with Gasteiger partial charge in [0.15, 0.2) is 0 Å². The molecule has 6 nitrogen and oxygen atoms in total. The number of nitrogens with zero attached hydrogens (tertiary/aromatic N) is 3. The lowest BCUT2D eigenvalue weighted by Crippen LogP contribution is -2.21. The van der Waals surface area contributed by atoms with E-state index in [2.05, 4.69) is 15.6 Å². The number of rotatable bonds is 4. The molecule has 3 heterocycles. The molecule has 31 heavy (non-hydrogen) atoms. The van der Waals surface area contributed by atoms with E-state index < -0.39 is 0 Å². The van der Waals surface area contributed by atoms with Crippen molar-refractivity contribution in [3.05, 3.63) is 103 Å². The van der Waals surface area contributed by atoms with Gasteiger partial charge in [-0.2, -0.15) is 0 Å². The summed E-state index contributed by atoms with van der Waals surface area (Å²) in [6.07, 6.45) is 3.59. The predicted molar refractivity (Wildman–Crippen MR) is 123 cm³/mol. The van der Waals surface area contributed by atoms with Gasteiger partial charge in [0.05, 0.1) is 11.4 Å². The third-order valence-electron chi connectivity index (χ3n) is 4.91. The molecular weight excluding hydrogens is 386 g/mol. The maximum Gasteiger partial charge on any atom is 0.324 e. The summed E-state index contributed by atoms with van der Waals surface area (Å²) in [5.74, 6) is 0.601. The molecule has 0 fully saturated rings. The molecule has 0 saturated carbocycles. The van der Waals surface area contributed by atoms with Gasteiger partial charge in [-0.05, 0) is 24.3 Å². The van der Waals surface area contributed by atoms with Crippen molar-refractivity contribution in [2.45, 2.75) is 0 Å². The summed E-state index contributed by atoms with van der Waals surface area (Å²) in [5.41, 5.74) is 4.64. The van der Waals surface area contributed by atoms with Crippen LogP contribution >= 0.6 is 0 Å². The molecule has 5 rings (SSSR count). The maximum absolute atomic E-state index is 13.0. The number of fused-ring (bicyclic) bond motifs is 1. The van der Waals surface area contributed by atoms with Crippen LogP contribution in [-0.4, -0.2) is 20.4 Å². The molecule has 6 heteroatoms. The van der Waals surface area contributed by atoms with E-state index in [9.17, 15) is 4.79 Å². The van der Waals surface area contributed by atoms with Crippen LogP contribution in [0.4, 0.5) is 16.3 Å². The van der Waals surface area contributed by atoms with Crippen molar-refractivity contribution in [1.29, 1.82) is 0 Å². The van der Waals surface area contributed by atoms with E-state index in [1.54, 1.807) is 12.3 Å². The standard InChI is InChI=1S/C25H19N5O/c31-25(27-20-14-9-16-26-22(20)18-10-3-1-4-11-18)29-24-23(19-12-5-2-6-13-19)28-21-15-7-8-17-30(21)24/h1-17H,(H2,27,29,31). The molecule has 2 N–H and O–H groups in total. The minimum absolute atomic E-state index is 0.368. The molecule has 0 atom stereocenters. The Morgan fingerprint density at radius 1 is 0.710 bits per heavy atom. The van der Waals surface area contributed by atoms with Crippen molar-refractivity contribution in [2.24, 2.45) is 0 Å². The zero-order chi connectivity index (χ0) is 21.0. The number of benzene rings is 2. The number of anilines is 2. The fourth-order valence-corrected chi connectivity index (χ4v) is 3.51. The predicted octanol–water partition coefficient (Wildman–Crippen LogP) is 5.71. The second kappa shape index (κ2) is 8.12. The van der Waals surface area contributed by atoms with Gasteiger partial charge in [-0.25, -0.2) is 9.78 Å². The quantitative estimate of drug-likeness (QED) is 0.402. The van der Waals surface area contributed by atoms with Gasteiger partial charge in [-0.3, -0.25) is 14.7 Å². The summed E-state index contributed by atoms with van der Waals surface area (Å²) in [4.78, 5) is 22.2. The van der Waals surface area contributed by atoms with Crippen molar-refractivity contribution >= 4 is 23.2 Å². The second-order valence-electron chi connectivity index (χ2n) is 6.95. The fourth-order valence-electron chi connectivity index (χ4n) is 3.51. The second-order valence-corrected chi connectivity index (χ2v) is 6.95. The van der Waals surface area contributed by atoms with Gasteiger partial charge in [-0.1, -0.05) is 66.7 Å². The lowest BCUT2D eigenvalue weighted by Gasteiger charge is -2.12. The average Bonchev–Trinajstić information content (AvgIpc) is 3.19. The molecule has 0 aliphatic rings. The molecule has 5 aromatic rings. The molecule has 150 valence electrons. The van der Waals surface area contributed by atoms with Crippen molar-refractivity contribution in [1.82, 2.24) is 14.4 Å². The Labute approximate surface area is 179 Å². The first-order chi connectivity index (χ1) is 15.3. The smallest absolute Gasteiger partial charge is 0.306 e. The first-order valence-corrected chi connectivity index (χ1v) is 9.90. The number of imidazole rings is 1. The van der Waals surface area contributed by atoms with E-state index in [4.69, 9.17) is 4.98 Å². The fraction of sp³-hybridized carbons (Fsp3) is 0. The molecule has 2 aromatic carbocycles. The van der Waals surface area contributed by atoms with Gasteiger partial charge in [0.1, 0.15) is 17.2 Å². The molecule has 0 aliphatic heterocycles. The normalized spacial score (nSPS) is 10.7. The highest BCUT2D eigenvalue weighted by Crippen LogP contribution is 2.29. The number of carbonyl (C=O) groups excluding carboxylic acids is 1. The first-order valence-electron chi connectivity index (χ1n) is 9.90. The summed E-state index contributed by atoms with van der Waals surface area (Å²) >= 11 is 0. The molecule has 0 radical (unpaired) electrons. The molecule has 0 bridgehead atoms. The lowest BCUT2D eigenvalue weighted by molar-refractivity contribution is 0.262. The molecule has 2 amide bonds. The van der Waals surface area contributed by atoms with E-state index in [-0.39, 0.29) is 6.03 Å². The van der Waals surface area contributed by atoms with Crippen LogP contribution in [0.3, 0.4) is 0 Å². The summed E-state index contributed by atoms with van der Waals surface area (Å²) in [5, 5.41) is 5.92. The number of carbonyl (C=O) groups is 1. The van der Waals surface area contributed by atoms with E-state index in [0.29, 0.717) is 22.9 Å². The summed E-state index contributed by atoms with van der Waals surface area (Å²) in [6.45, 7) is 0. The Bertz CT molecular complexity index is 1350. The maximum atomic E-state index is 13.0. The number of hydrogen-bond donors (Lipinski definition) is 2. The Hall–Kier alpha value is -4.45. The highest BCUT2D eigenvalue weighted by Gasteiger charge is 2.17. The minimum atomic E-state index is -0.368. The van der Waals surface area contributed by atoms with Gasteiger partial charge >= 0.3 is 6.03 Å². The zero-order valence-electron chi connectivity index (χ0n) is 16.6. The summed E-state index contributed by atoms with van der Waals surface area (Å²) in [6, 6.07) is 28.5. The Balaban J connectivity index is 1.49. The van der Waals surface area contributed by atoms with Gasteiger partial charge in [0.25, 0.3) is 0 Å². The minimum Gasteiger partial charge on any atom is -0.306 e. The lowest BCUT2D eigenvalue weighted by atomic mass is 10.1.